The average molecular weight is 336 g/mol. The maximum atomic E-state index is 12.0. The zero-order valence-electron chi connectivity index (χ0n) is 14.1. The summed E-state index contributed by atoms with van der Waals surface area (Å²) in [4.78, 5) is 35.4. The molecule has 0 fully saturated rings. The van der Waals surface area contributed by atoms with E-state index in [2.05, 4.69) is 5.32 Å². The molecule has 0 aliphatic rings. The molecule has 132 valence electrons. The van der Waals surface area contributed by atoms with Crippen LogP contribution >= 0.6 is 0 Å². The Morgan fingerprint density at radius 3 is 2.42 bits per heavy atom. The largest absolute Gasteiger partial charge is 0.482 e. The number of carbonyl (C=O) groups excluding carboxylic acids is 2. The molecule has 0 bridgehead atoms. The molecule has 2 amide bonds. The number of ether oxygens (including phenoxy) is 1. The van der Waals surface area contributed by atoms with E-state index in [1.807, 2.05) is 6.92 Å². The molecule has 2 N–H and O–H groups in total. The molecule has 24 heavy (non-hydrogen) atoms. The quantitative estimate of drug-likeness (QED) is 0.673. The molecule has 0 aliphatic carbocycles. The number of benzene rings is 1. The second-order valence-corrected chi connectivity index (χ2v) is 5.38. The monoisotopic (exact) mass is 336 g/mol. The molecule has 1 aromatic carbocycles. The summed E-state index contributed by atoms with van der Waals surface area (Å²) in [6.07, 6.45) is 1.20. The SMILES string of the molecule is CCNC(=O)CCCC(=O)N(C)Cc1ccc(OCC(=O)O)cc1. The van der Waals surface area contributed by atoms with E-state index in [0.29, 0.717) is 38.1 Å². The summed E-state index contributed by atoms with van der Waals surface area (Å²) < 4.78 is 5.05. The predicted octanol–water partition coefficient (Wildman–Crippen LogP) is 1.41. The maximum Gasteiger partial charge on any atom is 0.341 e. The Balaban J connectivity index is 2.37. The fourth-order valence-corrected chi connectivity index (χ4v) is 2.07. The van der Waals surface area contributed by atoms with E-state index in [1.165, 1.54) is 0 Å². The smallest absolute Gasteiger partial charge is 0.341 e. The van der Waals surface area contributed by atoms with Gasteiger partial charge in [-0.15, -0.1) is 0 Å². The first kappa shape index (κ1) is 19.5. The molecule has 7 nitrogen and oxygen atoms in total. The van der Waals surface area contributed by atoms with Crippen molar-refractivity contribution in [2.45, 2.75) is 32.7 Å². The van der Waals surface area contributed by atoms with Crippen molar-refractivity contribution in [1.82, 2.24) is 10.2 Å². The van der Waals surface area contributed by atoms with Gasteiger partial charge in [-0.2, -0.15) is 0 Å². The topological polar surface area (TPSA) is 95.9 Å². The second kappa shape index (κ2) is 10.3. The third-order valence-electron chi connectivity index (χ3n) is 3.30. The van der Waals surface area contributed by atoms with Crippen LogP contribution in [0.1, 0.15) is 31.7 Å². The Labute approximate surface area is 141 Å². The van der Waals surface area contributed by atoms with E-state index in [-0.39, 0.29) is 18.4 Å². The normalized spacial score (nSPS) is 10.1. The second-order valence-electron chi connectivity index (χ2n) is 5.38. The van der Waals surface area contributed by atoms with Crippen LogP contribution < -0.4 is 10.1 Å². The number of hydrogen-bond acceptors (Lipinski definition) is 4. The summed E-state index contributed by atoms with van der Waals surface area (Å²) in [5, 5.41) is 11.2. The Morgan fingerprint density at radius 2 is 1.83 bits per heavy atom. The fraction of sp³-hybridized carbons (Fsp3) is 0.471. The molecule has 0 heterocycles. The molecule has 0 aromatic heterocycles. The van der Waals surface area contributed by atoms with Crippen molar-refractivity contribution in [3.63, 3.8) is 0 Å². The lowest BCUT2D eigenvalue weighted by Crippen LogP contribution is -2.27. The van der Waals surface area contributed by atoms with E-state index >= 15 is 0 Å². The Hall–Kier alpha value is -2.57. The van der Waals surface area contributed by atoms with Crippen molar-refractivity contribution in [1.29, 1.82) is 0 Å². The highest BCUT2D eigenvalue weighted by molar-refractivity contribution is 5.78. The third-order valence-corrected chi connectivity index (χ3v) is 3.30. The van der Waals surface area contributed by atoms with Crippen molar-refractivity contribution >= 4 is 17.8 Å². The number of amides is 2. The van der Waals surface area contributed by atoms with Gasteiger partial charge in [0.2, 0.25) is 11.8 Å². The van der Waals surface area contributed by atoms with Crippen LogP contribution in [0.4, 0.5) is 0 Å². The lowest BCUT2D eigenvalue weighted by molar-refractivity contribution is -0.139. The van der Waals surface area contributed by atoms with Crippen LogP contribution in [-0.4, -0.2) is 48.0 Å². The van der Waals surface area contributed by atoms with Crippen molar-refractivity contribution < 1.29 is 24.2 Å². The van der Waals surface area contributed by atoms with Gasteiger partial charge in [0.25, 0.3) is 0 Å². The number of nitrogens with one attached hydrogen (secondary N) is 1. The van der Waals surface area contributed by atoms with Crippen molar-refractivity contribution in [3.8, 4) is 5.75 Å². The van der Waals surface area contributed by atoms with Crippen LogP contribution in [0.2, 0.25) is 0 Å². The van der Waals surface area contributed by atoms with Crippen LogP contribution in [0.3, 0.4) is 0 Å². The Bertz CT molecular complexity index is 557. The lowest BCUT2D eigenvalue weighted by Gasteiger charge is -2.17. The highest BCUT2D eigenvalue weighted by atomic mass is 16.5. The number of carboxylic acids is 1. The van der Waals surface area contributed by atoms with Crippen LogP contribution in [0, 0.1) is 0 Å². The minimum absolute atomic E-state index is 0.0227. The van der Waals surface area contributed by atoms with Gasteiger partial charge in [-0.05, 0) is 31.0 Å². The minimum atomic E-state index is -1.03. The first-order valence-corrected chi connectivity index (χ1v) is 7.86. The molecule has 0 unspecified atom stereocenters. The van der Waals surface area contributed by atoms with Crippen molar-refractivity contribution in [2.24, 2.45) is 0 Å². The fourth-order valence-electron chi connectivity index (χ4n) is 2.07. The van der Waals surface area contributed by atoms with Gasteiger partial charge in [-0.1, -0.05) is 12.1 Å². The molecular weight excluding hydrogens is 312 g/mol. The predicted molar refractivity (Wildman–Crippen MR) is 88.6 cm³/mol. The maximum absolute atomic E-state index is 12.0. The summed E-state index contributed by atoms with van der Waals surface area (Å²) in [7, 11) is 1.71. The summed E-state index contributed by atoms with van der Waals surface area (Å²) >= 11 is 0. The first-order valence-electron chi connectivity index (χ1n) is 7.86. The van der Waals surface area contributed by atoms with Gasteiger partial charge in [0.15, 0.2) is 6.61 Å². The molecule has 0 radical (unpaired) electrons. The number of rotatable bonds is 10. The zero-order valence-corrected chi connectivity index (χ0v) is 14.1. The molecule has 1 aromatic rings. The molecule has 0 saturated heterocycles. The van der Waals surface area contributed by atoms with E-state index in [0.717, 1.165) is 5.56 Å². The van der Waals surface area contributed by atoms with Gasteiger partial charge in [0, 0.05) is 33.0 Å². The molecule has 1 rings (SSSR count). The molecule has 0 saturated carbocycles. The van der Waals surface area contributed by atoms with Gasteiger partial charge in [0.05, 0.1) is 0 Å². The molecule has 0 aliphatic heterocycles. The van der Waals surface area contributed by atoms with Crippen molar-refractivity contribution in [3.05, 3.63) is 29.8 Å². The summed E-state index contributed by atoms with van der Waals surface area (Å²) in [5.41, 5.74) is 0.914. The molecule has 7 heteroatoms. The van der Waals surface area contributed by atoms with Crippen LogP contribution in [0.15, 0.2) is 24.3 Å². The van der Waals surface area contributed by atoms with E-state index in [1.54, 1.807) is 36.2 Å². The van der Waals surface area contributed by atoms with Crippen LogP contribution in [0.25, 0.3) is 0 Å². The minimum Gasteiger partial charge on any atom is -0.482 e. The van der Waals surface area contributed by atoms with E-state index in [4.69, 9.17) is 9.84 Å². The first-order chi connectivity index (χ1) is 11.4. The average Bonchev–Trinajstić information content (AvgIpc) is 2.54. The van der Waals surface area contributed by atoms with E-state index < -0.39 is 5.97 Å². The highest BCUT2D eigenvalue weighted by Gasteiger charge is 2.10. The lowest BCUT2D eigenvalue weighted by atomic mass is 10.2. The molecular formula is C17H24N2O5. The Morgan fingerprint density at radius 1 is 1.17 bits per heavy atom. The van der Waals surface area contributed by atoms with Gasteiger partial charge in [-0.3, -0.25) is 9.59 Å². The number of nitrogens with zero attached hydrogens (tertiary/aromatic N) is 1. The van der Waals surface area contributed by atoms with E-state index in [9.17, 15) is 14.4 Å². The Kier molecular flexibility index (Phi) is 8.32. The summed E-state index contributed by atoms with van der Waals surface area (Å²) in [6.45, 7) is 2.51. The number of carbonyl (C=O) groups is 3. The highest BCUT2D eigenvalue weighted by Crippen LogP contribution is 2.14. The van der Waals surface area contributed by atoms with Crippen LogP contribution in [0.5, 0.6) is 5.75 Å². The van der Waals surface area contributed by atoms with Gasteiger partial charge in [-0.25, -0.2) is 4.79 Å². The number of carboxylic acid groups (broad SMARTS) is 1. The molecule has 0 atom stereocenters. The third kappa shape index (κ3) is 7.62. The van der Waals surface area contributed by atoms with Gasteiger partial charge < -0.3 is 20.1 Å². The standard InChI is InChI=1S/C17H24N2O5/c1-3-18-15(20)5-4-6-16(21)19(2)11-13-7-9-14(10-8-13)24-12-17(22)23/h7-10H,3-6,11-12H2,1-2H3,(H,18,20)(H,22,23). The molecule has 0 spiro atoms. The zero-order chi connectivity index (χ0) is 17.9. The van der Waals surface area contributed by atoms with Gasteiger partial charge in [0.1, 0.15) is 5.75 Å². The number of hydrogen-bond donors (Lipinski definition) is 2. The summed E-state index contributed by atoms with van der Waals surface area (Å²) in [6, 6.07) is 6.92. The van der Waals surface area contributed by atoms with Crippen LogP contribution in [-0.2, 0) is 20.9 Å². The van der Waals surface area contributed by atoms with Crippen molar-refractivity contribution in [2.75, 3.05) is 20.2 Å². The summed E-state index contributed by atoms with van der Waals surface area (Å²) in [5.74, 6) is -0.621. The number of aliphatic carboxylic acids is 1. The van der Waals surface area contributed by atoms with Gasteiger partial charge >= 0.3 is 5.97 Å².